The van der Waals surface area contributed by atoms with Gasteiger partial charge in [-0.3, -0.25) is 0 Å². The Morgan fingerprint density at radius 3 is 2.87 bits per heavy atom. The standard InChI is InChI=1S/C11H9NO2S/c15-8-12-7-9-2-1-3-10(6-9)11-13-4-5-14-11/h1-6,11H,7H2. The summed E-state index contributed by atoms with van der Waals surface area (Å²) in [7, 11) is 0. The Kier molecular flexibility index (Phi) is 3.12. The van der Waals surface area contributed by atoms with Gasteiger partial charge < -0.3 is 9.47 Å². The fraction of sp³-hybridized carbons (Fsp3) is 0.182. The molecule has 0 fully saturated rings. The van der Waals surface area contributed by atoms with Crippen molar-refractivity contribution in [2.45, 2.75) is 12.8 Å². The molecule has 0 amide bonds. The van der Waals surface area contributed by atoms with Crippen LogP contribution in [0, 0.1) is 0 Å². The highest BCUT2D eigenvalue weighted by Gasteiger charge is 2.14. The summed E-state index contributed by atoms with van der Waals surface area (Å²) in [6.45, 7) is 0.539. The Hall–Kier alpha value is -1.64. The minimum atomic E-state index is -0.332. The van der Waals surface area contributed by atoms with E-state index in [4.69, 9.17) is 9.47 Å². The molecule has 0 bridgehead atoms. The molecule has 0 N–H and O–H groups in total. The molecule has 1 aliphatic heterocycles. The third kappa shape index (κ3) is 2.43. The lowest BCUT2D eigenvalue weighted by Gasteiger charge is -2.10. The number of isothiocyanates is 1. The molecule has 0 aliphatic carbocycles. The van der Waals surface area contributed by atoms with Crippen molar-refractivity contribution >= 4 is 17.4 Å². The van der Waals surface area contributed by atoms with Crippen LogP contribution in [0.15, 0.2) is 41.8 Å². The van der Waals surface area contributed by atoms with Crippen molar-refractivity contribution in [2.24, 2.45) is 4.99 Å². The molecule has 1 aliphatic rings. The number of ether oxygens (including phenoxy) is 2. The Morgan fingerprint density at radius 2 is 2.13 bits per heavy atom. The van der Waals surface area contributed by atoms with Gasteiger partial charge in [0, 0.05) is 5.56 Å². The van der Waals surface area contributed by atoms with Crippen LogP contribution in [0.25, 0.3) is 0 Å². The summed E-state index contributed by atoms with van der Waals surface area (Å²) in [5.74, 6) is 0. The summed E-state index contributed by atoms with van der Waals surface area (Å²) in [5, 5.41) is 2.34. The zero-order valence-electron chi connectivity index (χ0n) is 7.92. The second-order valence-electron chi connectivity index (χ2n) is 3.03. The van der Waals surface area contributed by atoms with Crippen LogP contribution in [0.3, 0.4) is 0 Å². The third-order valence-corrected chi connectivity index (χ3v) is 2.14. The van der Waals surface area contributed by atoms with Gasteiger partial charge in [-0.1, -0.05) is 18.2 Å². The maximum absolute atomic E-state index is 5.23. The predicted molar refractivity (Wildman–Crippen MR) is 59.2 cm³/mol. The summed E-state index contributed by atoms with van der Waals surface area (Å²) in [6, 6.07) is 7.84. The number of rotatable bonds is 3. The van der Waals surface area contributed by atoms with Crippen LogP contribution >= 0.6 is 12.2 Å². The smallest absolute Gasteiger partial charge is 0.266 e. The van der Waals surface area contributed by atoms with Crippen LogP contribution in [0.5, 0.6) is 0 Å². The molecule has 0 spiro atoms. The quantitative estimate of drug-likeness (QED) is 0.578. The van der Waals surface area contributed by atoms with Crippen molar-refractivity contribution in [1.29, 1.82) is 0 Å². The van der Waals surface area contributed by atoms with E-state index in [1.165, 1.54) is 12.5 Å². The maximum Gasteiger partial charge on any atom is 0.266 e. The molecule has 15 heavy (non-hydrogen) atoms. The van der Waals surface area contributed by atoms with Crippen LogP contribution < -0.4 is 0 Å². The van der Waals surface area contributed by atoms with Crippen molar-refractivity contribution in [2.75, 3.05) is 0 Å². The molecule has 0 saturated heterocycles. The summed E-state index contributed by atoms with van der Waals surface area (Å²) < 4.78 is 10.5. The predicted octanol–water partition coefficient (Wildman–Crippen LogP) is 2.81. The second-order valence-corrected chi connectivity index (χ2v) is 3.21. The molecular weight excluding hydrogens is 210 g/mol. The average molecular weight is 219 g/mol. The van der Waals surface area contributed by atoms with Gasteiger partial charge in [0.25, 0.3) is 6.29 Å². The third-order valence-electron chi connectivity index (χ3n) is 2.01. The van der Waals surface area contributed by atoms with E-state index in [9.17, 15) is 0 Å². The number of hydrogen-bond donors (Lipinski definition) is 0. The lowest BCUT2D eigenvalue weighted by atomic mass is 10.1. The Morgan fingerprint density at radius 1 is 1.33 bits per heavy atom. The van der Waals surface area contributed by atoms with E-state index >= 15 is 0 Å². The molecule has 0 atom stereocenters. The number of benzene rings is 1. The van der Waals surface area contributed by atoms with Crippen molar-refractivity contribution in [3.05, 3.63) is 47.9 Å². The first-order chi connectivity index (χ1) is 7.40. The first-order valence-corrected chi connectivity index (χ1v) is 4.89. The monoisotopic (exact) mass is 219 g/mol. The van der Waals surface area contributed by atoms with Gasteiger partial charge in [0.1, 0.15) is 12.5 Å². The highest BCUT2D eigenvalue weighted by atomic mass is 32.1. The van der Waals surface area contributed by atoms with Crippen LogP contribution in [0.1, 0.15) is 17.4 Å². The van der Waals surface area contributed by atoms with Crippen molar-refractivity contribution < 1.29 is 9.47 Å². The fourth-order valence-electron chi connectivity index (χ4n) is 1.36. The highest BCUT2D eigenvalue weighted by molar-refractivity contribution is 7.78. The van der Waals surface area contributed by atoms with Gasteiger partial charge in [0.15, 0.2) is 0 Å². The van der Waals surface area contributed by atoms with E-state index in [-0.39, 0.29) is 6.29 Å². The molecule has 3 nitrogen and oxygen atoms in total. The molecule has 76 valence electrons. The molecular formula is C11H9NO2S. The van der Waals surface area contributed by atoms with Crippen molar-refractivity contribution in [1.82, 2.24) is 0 Å². The minimum Gasteiger partial charge on any atom is -0.455 e. The van der Waals surface area contributed by atoms with Gasteiger partial charge in [-0.25, -0.2) is 4.99 Å². The zero-order chi connectivity index (χ0) is 10.5. The van der Waals surface area contributed by atoms with Crippen LogP contribution in [0.4, 0.5) is 0 Å². The van der Waals surface area contributed by atoms with Crippen LogP contribution in [-0.4, -0.2) is 5.16 Å². The SMILES string of the molecule is S=C=NCc1cccc(C2OC=CO2)c1. The molecule has 4 heteroatoms. The topological polar surface area (TPSA) is 30.8 Å². The van der Waals surface area contributed by atoms with Gasteiger partial charge in [0.05, 0.1) is 11.7 Å². The van der Waals surface area contributed by atoms with E-state index in [2.05, 4.69) is 22.4 Å². The number of aliphatic imine (C=N–C) groups is 1. The zero-order valence-corrected chi connectivity index (χ0v) is 8.74. The van der Waals surface area contributed by atoms with Gasteiger partial charge in [-0.15, -0.1) is 0 Å². The highest BCUT2D eigenvalue weighted by Crippen LogP contribution is 2.24. The summed E-state index contributed by atoms with van der Waals surface area (Å²) in [4.78, 5) is 3.88. The maximum atomic E-state index is 5.23. The van der Waals surface area contributed by atoms with Crippen molar-refractivity contribution in [3.8, 4) is 0 Å². The average Bonchev–Trinajstić information content (AvgIpc) is 2.80. The number of thiocarbonyl (C=S) groups is 1. The molecule has 0 aromatic heterocycles. The van der Waals surface area contributed by atoms with E-state index in [1.807, 2.05) is 24.3 Å². The number of hydrogen-bond acceptors (Lipinski definition) is 4. The molecule has 0 saturated carbocycles. The summed E-state index contributed by atoms with van der Waals surface area (Å²) >= 11 is 4.52. The van der Waals surface area contributed by atoms with Gasteiger partial charge >= 0.3 is 0 Å². The minimum absolute atomic E-state index is 0.332. The summed E-state index contributed by atoms with van der Waals surface area (Å²) in [5.41, 5.74) is 2.03. The normalized spacial score (nSPS) is 14.1. The molecule has 2 rings (SSSR count). The van der Waals surface area contributed by atoms with Gasteiger partial charge in [0.2, 0.25) is 0 Å². The molecule has 1 aromatic rings. The van der Waals surface area contributed by atoms with Gasteiger partial charge in [-0.05, 0) is 23.8 Å². The van der Waals surface area contributed by atoms with E-state index < -0.39 is 0 Å². The first kappa shape index (κ1) is 9.90. The van der Waals surface area contributed by atoms with E-state index in [0.29, 0.717) is 6.54 Å². The lowest BCUT2D eigenvalue weighted by Crippen LogP contribution is -1.98. The molecule has 0 unspecified atom stereocenters. The molecule has 1 heterocycles. The Balaban J connectivity index is 2.14. The molecule has 0 radical (unpaired) electrons. The Bertz CT molecular complexity index is 416. The van der Waals surface area contributed by atoms with E-state index in [1.54, 1.807) is 0 Å². The molecule has 1 aromatic carbocycles. The van der Waals surface area contributed by atoms with E-state index in [0.717, 1.165) is 11.1 Å². The van der Waals surface area contributed by atoms with Gasteiger partial charge in [-0.2, -0.15) is 0 Å². The Labute approximate surface area is 93.0 Å². The summed E-state index contributed by atoms with van der Waals surface area (Å²) in [6.07, 6.45) is 2.74. The second kappa shape index (κ2) is 4.73. The fourth-order valence-corrected chi connectivity index (χ4v) is 1.42. The lowest BCUT2D eigenvalue weighted by molar-refractivity contribution is -0.0246. The number of nitrogens with zero attached hydrogens (tertiary/aromatic N) is 1. The van der Waals surface area contributed by atoms with Crippen molar-refractivity contribution in [3.63, 3.8) is 0 Å². The van der Waals surface area contributed by atoms with Crippen LogP contribution in [0.2, 0.25) is 0 Å². The van der Waals surface area contributed by atoms with Crippen LogP contribution in [-0.2, 0) is 16.0 Å². The first-order valence-electron chi connectivity index (χ1n) is 4.48. The largest absolute Gasteiger partial charge is 0.455 e.